The number of hydrogen-bond donors (Lipinski definition) is 0. The maximum atomic E-state index is 10.3. The van der Waals surface area contributed by atoms with Crippen LogP contribution in [0.4, 0.5) is 0 Å². The number of ether oxygens (including phenoxy) is 1. The number of carbonyl (C=O) groups excluding carboxylic acids is 1. The van der Waals surface area contributed by atoms with Gasteiger partial charge in [-0.05, 0) is 19.3 Å². The Morgan fingerprint density at radius 2 is 1.86 bits per heavy atom. The maximum Gasteiger partial charge on any atom is 0.120 e. The molecule has 1 unspecified atom stereocenters. The molecule has 0 aromatic heterocycles. The second-order valence-electron chi connectivity index (χ2n) is 3.73. The topological polar surface area (TPSA) is 26.3 Å². The first-order chi connectivity index (χ1) is 6.85. The minimum atomic E-state index is 0.312. The Bertz CT molecular complexity index is 123. The predicted octanol–water partition coefficient (Wildman–Crippen LogP) is 3.34. The third-order valence-electron chi connectivity index (χ3n) is 2.34. The van der Waals surface area contributed by atoms with Crippen LogP contribution in [-0.4, -0.2) is 19.0 Å². The number of unbranched alkanes of at least 4 members (excludes halogenated alkanes) is 2. The second kappa shape index (κ2) is 10.7. The van der Waals surface area contributed by atoms with Crippen molar-refractivity contribution in [1.29, 1.82) is 0 Å². The minimum Gasteiger partial charge on any atom is -0.378 e. The van der Waals surface area contributed by atoms with Gasteiger partial charge in [0.05, 0.1) is 6.10 Å². The highest BCUT2D eigenvalue weighted by atomic mass is 16.5. The number of hydrogen-bond acceptors (Lipinski definition) is 2. The Kier molecular flexibility index (Phi) is 10.4. The first-order valence-corrected chi connectivity index (χ1v) is 5.90. The molecule has 84 valence electrons. The van der Waals surface area contributed by atoms with E-state index in [1.807, 2.05) is 0 Å². The molecule has 0 radical (unpaired) electrons. The molecular formula is C12H24O2. The molecule has 14 heavy (non-hydrogen) atoms. The molecule has 0 amide bonds. The Balaban J connectivity index is 3.54. The zero-order chi connectivity index (χ0) is 10.6. The van der Waals surface area contributed by atoms with Crippen molar-refractivity contribution in [2.45, 2.75) is 64.9 Å². The van der Waals surface area contributed by atoms with Crippen LogP contribution in [0.15, 0.2) is 0 Å². The van der Waals surface area contributed by atoms with Crippen molar-refractivity contribution >= 4 is 6.29 Å². The summed E-state index contributed by atoms with van der Waals surface area (Å²) in [5, 5.41) is 0. The van der Waals surface area contributed by atoms with Gasteiger partial charge in [0.1, 0.15) is 6.29 Å². The summed E-state index contributed by atoms with van der Waals surface area (Å²) in [4.78, 5) is 10.3. The van der Waals surface area contributed by atoms with Crippen LogP contribution in [-0.2, 0) is 9.53 Å². The van der Waals surface area contributed by atoms with Crippen LogP contribution in [0.5, 0.6) is 0 Å². The van der Waals surface area contributed by atoms with E-state index in [1.54, 1.807) is 0 Å². The van der Waals surface area contributed by atoms with Crippen molar-refractivity contribution in [2.24, 2.45) is 0 Å². The molecule has 0 rings (SSSR count). The smallest absolute Gasteiger partial charge is 0.120 e. The number of rotatable bonds is 10. The molecule has 0 heterocycles. The van der Waals surface area contributed by atoms with E-state index in [1.165, 1.54) is 19.3 Å². The molecular weight excluding hydrogens is 176 g/mol. The Morgan fingerprint density at radius 1 is 1.14 bits per heavy atom. The minimum absolute atomic E-state index is 0.312. The summed E-state index contributed by atoms with van der Waals surface area (Å²) in [5.74, 6) is 0. The van der Waals surface area contributed by atoms with Gasteiger partial charge in [0.15, 0.2) is 0 Å². The zero-order valence-electron chi connectivity index (χ0n) is 9.63. The van der Waals surface area contributed by atoms with Gasteiger partial charge in [0.2, 0.25) is 0 Å². The van der Waals surface area contributed by atoms with E-state index in [0.717, 1.165) is 32.2 Å². The van der Waals surface area contributed by atoms with Gasteiger partial charge < -0.3 is 9.53 Å². The molecule has 0 fully saturated rings. The lowest BCUT2D eigenvalue weighted by atomic mass is 10.1. The average molecular weight is 200 g/mol. The van der Waals surface area contributed by atoms with Crippen molar-refractivity contribution < 1.29 is 9.53 Å². The summed E-state index contributed by atoms with van der Waals surface area (Å²) < 4.78 is 5.73. The summed E-state index contributed by atoms with van der Waals surface area (Å²) in [7, 11) is 0. The quantitative estimate of drug-likeness (QED) is 0.399. The van der Waals surface area contributed by atoms with Crippen molar-refractivity contribution in [3.8, 4) is 0 Å². The van der Waals surface area contributed by atoms with E-state index >= 15 is 0 Å². The van der Waals surface area contributed by atoms with Gasteiger partial charge in [-0.3, -0.25) is 0 Å². The van der Waals surface area contributed by atoms with Gasteiger partial charge in [0, 0.05) is 13.0 Å². The van der Waals surface area contributed by atoms with Gasteiger partial charge >= 0.3 is 0 Å². The zero-order valence-corrected chi connectivity index (χ0v) is 9.63. The molecule has 0 spiro atoms. The van der Waals surface area contributed by atoms with Gasteiger partial charge in [-0.15, -0.1) is 0 Å². The molecule has 0 N–H and O–H groups in total. The van der Waals surface area contributed by atoms with Crippen molar-refractivity contribution in [1.82, 2.24) is 0 Å². The van der Waals surface area contributed by atoms with E-state index in [0.29, 0.717) is 12.5 Å². The third kappa shape index (κ3) is 8.24. The fourth-order valence-corrected chi connectivity index (χ4v) is 1.39. The van der Waals surface area contributed by atoms with E-state index in [-0.39, 0.29) is 0 Å². The molecule has 0 aromatic rings. The highest BCUT2D eigenvalue weighted by Gasteiger charge is 2.07. The molecule has 2 heteroatoms. The first kappa shape index (κ1) is 13.6. The van der Waals surface area contributed by atoms with Crippen LogP contribution in [0.1, 0.15) is 58.8 Å². The molecule has 0 aliphatic heterocycles. The fourth-order valence-electron chi connectivity index (χ4n) is 1.39. The first-order valence-electron chi connectivity index (χ1n) is 5.90. The molecule has 2 nitrogen and oxygen atoms in total. The average Bonchev–Trinajstić information content (AvgIpc) is 2.21. The number of aldehydes is 1. The van der Waals surface area contributed by atoms with Crippen molar-refractivity contribution in [2.75, 3.05) is 6.61 Å². The van der Waals surface area contributed by atoms with Crippen molar-refractivity contribution in [3.63, 3.8) is 0 Å². The van der Waals surface area contributed by atoms with Gasteiger partial charge in [-0.1, -0.05) is 33.1 Å². The maximum absolute atomic E-state index is 10.3. The van der Waals surface area contributed by atoms with Gasteiger partial charge in [-0.25, -0.2) is 0 Å². The lowest BCUT2D eigenvalue weighted by Gasteiger charge is -2.16. The normalized spacial score (nSPS) is 12.7. The Labute approximate surface area is 88.0 Å². The molecule has 0 aliphatic carbocycles. The standard InChI is InChI=1S/C12H24O2/c1-3-5-8-12(9-7-10-13)14-11-6-4-2/h10,12H,3-9,11H2,1-2H3. The van der Waals surface area contributed by atoms with Gasteiger partial charge in [0.25, 0.3) is 0 Å². The molecule has 0 saturated heterocycles. The van der Waals surface area contributed by atoms with E-state index in [2.05, 4.69) is 13.8 Å². The van der Waals surface area contributed by atoms with Crippen LogP contribution in [0.3, 0.4) is 0 Å². The molecule has 0 aromatic carbocycles. The molecule has 1 atom stereocenters. The van der Waals surface area contributed by atoms with Crippen molar-refractivity contribution in [3.05, 3.63) is 0 Å². The van der Waals surface area contributed by atoms with Crippen LogP contribution < -0.4 is 0 Å². The van der Waals surface area contributed by atoms with Gasteiger partial charge in [-0.2, -0.15) is 0 Å². The molecule has 0 bridgehead atoms. The highest BCUT2D eigenvalue weighted by Crippen LogP contribution is 2.11. The van der Waals surface area contributed by atoms with E-state index < -0.39 is 0 Å². The monoisotopic (exact) mass is 200 g/mol. The number of carbonyl (C=O) groups is 1. The Morgan fingerprint density at radius 3 is 2.43 bits per heavy atom. The van der Waals surface area contributed by atoms with Crippen LogP contribution in [0.25, 0.3) is 0 Å². The summed E-state index contributed by atoms with van der Waals surface area (Å²) in [5.41, 5.74) is 0. The van der Waals surface area contributed by atoms with Crippen LogP contribution >= 0.6 is 0 Å². The van der Waals surface area contributed by atoms with Crippen LogP contribution in [0.2, 0.25) is 0 Å². The molecule has 0 saturated carbocycles. The fraction of sp³-hybridized carbons (Fsp3) is 0.917. The lowest BCUT2D eigenvalue weighted by molar-refractivity contribution is -0.108. The van der Waals surface area contributed by atoms with Crippen LogP contribution in [0, 0.1) is 0 Å². The molecule has 0 aliphatic rings. The second-order valence-corrected chi connectivity index (χ2v) is 3.73. The largest absolute Gasteiger partial charge is 0.378 e. The van der Waals surface area contributed by atoms with E-state index in [4.69, 9.17) is 4.74 Å². The summed E-state index contributed by atoms with van der Waals surface area (Å²) in [6.07, 6.45) is 8.65. The SMILES string of the molecule is CCCCOC(CCC=O)CCCC. The highest BCUT2D eigenvalue weighted by molar-refractivity contribution is 5.49. The lowest BCUT2D eigenvalue weighted by Crippen LogP contribution is -2.14. The predicted molar refractivity (Wildman–Crippen MR) is 59.5 cm³/mol. The summed E-state index contributed by atoms with van der Waals surface area (Å²) in [6.45, 7) is 5.20. The summed E-state index contributed by atoms with van der Waals surface area (Å²) >= 11 is 0. The Hall–Kier alpha value is -0.370. The third-order valence-corrected chi connectivity index (χ3v) is 2.34. The summed E-state index contributed by atoms with van der Waals surface area (Å²) in [6, 6.07) is 0. The van der Waals surface area contributed by atoms with E-state index in [9.17, 15) is 4.79 Å².